The first-order chi connectivity index (χ1) is 8.24. The molecule has 0 radical (unpaired) electrons. The van der Waals surface area contributed by atoms with Crippen LogP contribution in [-0.4, -0.2) is 42.8 Å². The number of nitrogens with two attached hydrogens (primary N) is 1. The number of rotatable bonds is 8. The summed E-state index contributed by atoms with van der Waals surface area (Å²) in [6, 6.07) is -0.484. The molecule has 100 valence electrons. The van der Waals surface area contributed by atoms with Crippen molar-refractivity contribution in [3.63, 3.8) is 0 Å². The fourth-order valence-corrected chi connectivity index (χ4v) is 2.74. The molecule has 2 atom stereocenters. The maximum atomic E-state index is 11.2. The van der Waals surface area contributed by atoms with Gasteiger partial charge in [0.25, 0.3) is 0 Å². The summed E-state index contributed by atoms with van der Waals surface area (Å²) in [5.74, 6) is 1.39. The molecule has 0 aromatic carbocycles. The Morgan fingerprint density at radius 1 is 1.65 bits per heavy atom. The van der Waals surface area contributed by atoms with E-state index in [9.17, 15) is 4.79 Å². The van der Waals surface area contributed by atoms with Crippen LogP contribution in [0.3, 0.4) is 0 Å². The van der Waals surface area contributed by atoms with E-state index in [1.165, 1.54) is 12.8 Å². The second-order valence-electron chi connectivity index (χ2n) is 4.21. The van der Waals surface area contributed by atoms with E-state index in [0.29, 0.717) is 18.5 Å². The van der Waals surface area contributed by atoms with Crippen LogP contribution >= 0.6 is 11.8 Å². The van der Waals surface area contributed by atoms with Crippen molar-refractivity contribution in [2.24, 2.45) is 5.73 Å². The second kappa shape index (κ2) is 8.78. The van der Waals surface area contributed by atoms with Crippen molar-refractivity contribution < 1.29 is 14.3 Å². The average molecular weight is 261 g/mol. The van der Waals surface area contributed by atoms with E-state index in [1.807, 2.05) is 0 Å². The Bertz CT molecular complexity index is 220. The van der Waals surface area contributed by atoms with E-state index < -0.39 is 6.04 Å². The first kappa shape index (κ1) is 14.8. The Morgan fingerprint density at radius 2 is 2.47 bits per heavy atom. The van der Waals surface area contributed by atoms with Crippen LogP contribution in [-0.2, 0) is 14.3 Å². The summed E-state index contributed by atoms with van der Waals surface area (Å²) in [4.78, 5) is 11.2. The van der Waals surface area contributed by atoms with Gasteiger partial charge in [-0.2, -0.15) is 11.8 Å². The third-order valence-electron chi connectivity index (χ3n) is 2.73. The van der Waals surface area contributed by atoms with Crippen molar-refractivity contribution in [2.75, 3.05) is 24.7 Å². The summed E-state index contributed by atoms with van der Waals surface area (Å²) in [6.07, 6.45) is 5.12. The molecule has 2 N–H and O–H groups in total. The van der Waals surface area contributed by atoms with Crippen molar-refractivity contribution in [1.82, 2.24) is 0 Å². The van der Waals surface area contributed by atoms with Crippen LogP contribution in [0.4, 0.5) is 0 Å². The van der Waals surface area contributed by atoms with Crippen LogP contribution < -0.4 is 5.73 Å². The third-order valence-corrected chi connectivity index (χ3v) is 3.90. The van der Waals surface area contributed by atoms with Gasteiger partial charge in [-0.15, -0.1) is 0 Å². The molecule has 0 bridgehead atoms. The van der Waals surface area contributed by atoms with Crippen LogP contribution in [0.5, 0.6) is 0 Å². The Labute approximate surface area is 108 Å². The van der Waals surface area contributed by atoms with Crippen LogP contribution in [0.15, 0.2) is 0 Å². The molecule has 0 amide bonds. The first-order valence-corrected chi connectivity index (χ1v) is 7.51. The molecule has 1 rings (SSSR count). The SMILES string of the molecule is CCOC(=O)C(N)CSCCCC1CCCO1. The maximum Gasteiger partial charge on any atom is 0.323 e. The molecule has 1 heterocycles. The van der Waals surface area contributed by atoms with Gasteiger partial charge >= 0.3 is 5.97 Å². The lowest BCUT2D eigenvalue weighted by Crippen LogP contribution is -2.34. The maximum absolute atomic E-state index is 11.2. The number of carbonyl (C=O) groups excluding carboxylic acids is 1. The van der Waals surface area contributed by atoms with Gasteiger partial charge in [-0.3, -0.25) is 4.79 Å². The molecular weight excluding hydrogens is 238 g/mol. The minimum atomic E-state index is -0.484. The number of thioether (sulfide) groups is 1. The van der Waals surface area contributed by atoms with Crippen molar-refractivity contribution in [3.8, 4) is 0 Å². The second-order valence-corrected chi connectivity index (χ2v) is 5.36. The number of hydrogen-bond acceptors (Lipinski definition) is 5. The molecule has 17 heavy (non-hydrogen) atoms. The monoisotopic (exact) mass is 261 g/mol. The summed E-state index contributed by atoms with van der Waals surface area (Å²) >= 11 is 1.72. The Kier molecular flexibility index (Phi) is 7.64. The topological polar surface area (TPSA) is 61.5 Å². The van der Waals surface area contributed by atoms with Crippen molar-refractivity contribution in [1.29, 1.82) is 0 Å². The van der Waals surface area contributed by atoms with Crippen molar-refractivity contribution in [3.05, 3.63) is 0 Å². The van der Waals surface area contributed by atoms with E-state index in [2.05, 4.69) is 0 Å². The largest absolute Gasteiger partial charge is 0.465 e. The highest BCUT2D eigenvalue weighted by molar-refractivity contribution is 7.99. The smallest absolute Gasteiger partial charge is 0.323 e. The number of hydrogen-bond donors (Lipinski definition) is 1. The van der Waals surface area contributed by atoms with Gasteiger partial charge in [0.15, 0.2) is 0 Å². The molecule has 4 nitrogen and oxygen atoms in total. The van der Waals surface area contributed by atoms with E-state index in [0.717, 1.165) is 25.2 Å². The lowest BCUT2D eigenvalue weighted by Gasteiger charge is -2.11. The molecule has 0 spiro atoms. The van der Waals surface area contributed by atoms with E-state index in [1.54, 1.807) is 18.7 Å². The molecule has 5 heteroatoms. The summed E-state index contributed by atoms with van der Waals surface area (Å²) in [5.41, 5.74) is 5.69. The minimum Gasteiger partial charge on any atom is -0.465 e. The molecule has 2 unspecified atom stereocenters. The average Bonchev–Trinajstić information content (AvgIpc) is 2.81. The number of ether oxygens (including phenoxy) is 2. The zero-order valence-corrected chi connectivity index (χ0v) is 11.3. The zero-order valence-electron chi connectivity index (χ0n) is 10.5. The summed E-state index contributed by atoms with van der Waals surface area (Å²) in [6.45, 7) is 3.11. The van der Waals surface area contributed by atoms with Crippen molar-refractivity contribution >= 4 is 17.7 Å². The first-order valence-electron chi connectivity index (χ1n) is 6.35. The Hall–Kier alpha value is -0.260. The van der Waals surface area contributed by atoms with Gasteiger partial charge in [0.05, 0.1) is 12.7 Å². The van der Waals surface area contributed by atoms with Gasteiger partial charge in [0.2, 0.25) is 0 Å². The molecule has 1 saturated heterocycles. The van der Waals surface area contributed by atoms with Crippen LogP contribution in [0.2, 0.25) is 0 Å². The van der Waals surface area contributed by atoms with Gasteiger partial charge in [-0.05, 0) is 38.4 Å². The predicted octanol–water partition coefficient (Wildman–Crippen LogP) is 1.57. The Morgan fingerprint density at radius 3 is 3.12 bits per heavy atom. The van der Waals surface area contributed by atoms with E-state index >= 15 is 0 Å². The highest BCUT2D eigenvalue weighted by atomic mass is 32.2. The molecule has 1 fully saturated rings. The van der Waals surface area contributed by atoms with Gasteiger partial charge in [-0.25, -0.2) is 0 Å². The molecular formula is C12H23NO3S. The van der Waals surface area contributed by atoms with Gasteiger partial charge in [-0.1, -0.05) is 0 Å². The molecule has 0 aromatic heterocycles. The number of esters is 1. The molecule has 1 aliphatic rings. The third kappa shape index (κ3) is 6.29. The predicted molar refractivity (Wildman–Crippen MR) is 70.1 cm³/mol. The zero-order chi connectivity index (χ0) is 12.5. The fourth-order valence-electron chi connectivity index (χ4n) is 1.81. The molecule has 0 saturated carbocycles. The highest BCUT2D eigenvalue weighted by Gasteiger charge is 2.16. The normalized spacial score (nSPS) is 21.4. The molecule has 0 aliphatic carbocycles. The van der Waals surface area contributed by atoms with Gasteiger partial charge < -0.3 is 15.2 Å². The van der Waals surface area contributed by atoms with E-state index in [4.69, 9.17) is 15.2 Å². The standard InChI is InChI=1S/C12H23NO3S/c1-2-15-12(14)11(13)9-17-8-4-6-10-5-3-7-16-10/h10-11H,2-9,13H2,1H3. The van der Waals surface area contributed by atoms with Gasteiger partial charge in [0, 0.05) is 12.4 Å². The van der Waals surface area contributed by atoms with Crippen LogP contribution in [0.1, 0.15) is 32.6 Å². The quantitative estimate of drug-likeness (QED) is 0.531. The Balaban J connectivity index is 1.94. The summed E-state index contributed by atoms with van der Waals surface area (Å²) in [7, 11) is 0. The number of carbonyl (C=O) groups is 1. The molecule has 0 aromatic rings. The van der Waals surface area contributed by atoms with E-state index in [-0.39, 0.29) is 5.97 Å². The lowest BCUT2D eigenvalue weighted by molar-refractivity contribution is -0.144. The van der Waals surface area contributed by atoms with Crippen LogP contribution in [0, 0.1) is 0 Å². The van der Waals surface area contributed by atoms with Crippen molar-refractivity contribution in [2.45, 2.75) is 44.8 Å². The van der Waals surface area contributed by atoms with Crippen LogP contribution in [0.25, 0.3) is 0 Å². The summed E-state index contributed by atoms with van der Waals surface area (Å²) in [5, 5.41) is 0. The lowest BCUT2D eigenvalue weighted by atomic mass is 10.1. The fraction of sp³-hybridized carbons (Fsp3) is 0.917. The minimum absolute atomic E-state index is 0.292. The molecule has 1 aliphatic heterocycles. The highest BCUT2D eigenvalue weighted by Crippen LogP contribution is 2.18. The van der Waals surface area contributed by atoms with Gasteiger partial charge in [0.1, 0.15) is 6.04 Å². The summed E-state index contributed by atoms with van der Waals surface area (Å²) < 4.78 is 10.4.